The zero-order chi connectivity index (χ0) is 17.9. The van der Waals surface area contributed by atoms with Crippen LogP contribution in [0.1, 0.15) is 53.4 Å². The summed E-state index contributed by atoms with van der Waals surface area (Å²) in [5.74, 6) is -0.298. The Morgan fingerprint density at radius 1 is 0.792 bits per heavy atom. The third-order valence-electron chi connectivity index (χ3n) is 4.61. The minimum Gasteiger partial charge on any atom is -0.465 e. The van der Waals surface area contributed by atoms with Gasteiger partial charge in [-0.1, -0.05) is 26.7 Å². The van der Waals surface area contributed by atoms with Gasteiger partial charge in [0.2, 0.25) is 0 Å². The standard InChI is InChI=1S/C18H34N2O4/c1-5-7-13-23-17(21)15(3)19-9-11-20(12-10-19)16(4)18(22)24-14-8-6-2/h15-16H,5-14H2,1-4H3. The van der Waals surface area contributed by atoms with E-state index in [1.165, 1.54) is 0 Å². The quantitative estimate of drug-likeness (QED) is 0.447. The van der Waals surface area contributed by atoms with Gasteiger partial charge in [-0.25, -0.2) is 0 Å². The van der Waals surface area contributed by atoms with Gasteiger partial charge in [-0.2, -0.15) is 0 Å². The fourth-order valence-corrected chi connectivity index (χ4v) is 2.69. The van der Waals surface area contributed by atoms with E-state index >= 15 is 0 Å². The van der Waals surface area contributed by atoms with Crippen molar-refractivity contribution < 1.29 is 19.1 Å². The summed E-state index contributed by atoms with van der Waals surface area (Å²) in [6.45, 7) is 12.0. The number of esters is 2. The Bertz CT molecular complexity index is 345. The van der Waals surface area contributed by atoms with Crippen LogP contribution in [0.4, 0.5) is 0 Å². The van der Waals surface area contributed by atoms with Crippen LogP contribution in [0, 0.1) is 0 Å². The second-order valence-electron chi connectivity index (χ2n) is 6.47. The van der Waals surface area contributed by atoms with E-state index < -0.39 is 0 Å². The molecule has 2 unspecified atom stereocenters. The van der Waals surface area contributed by atoms with Crippen LogP contribution in [0.5, 0.6) is 0 Å². The molecular formula is C18H34N2O4. The van der Waals surface area contributed by atoms with Gasteiger partial charge in [0.05, 0.1) is 13.2 Å². The largest absolute Gasteiger partial charge is 0.465 e. The van der Waals surface area contributed by atoms with Crippen molar-refractivity contribution >= 4 is 11.9 Å². The molecule has 1 rings (SSSR count). The van der Waals surface area contributed by atoms with Crippen LogP contribution in [0.15, 0.2) is 0 Å². The molecule has 0 spiro atoms. The molecule has 1 saturated heterocycles. The number of rotatable bonds is 10. The van der Waals surface area contributed by atoms with Crippen LogP contribution >= 0.6 is 0 Å². The summed E-state index contributed by atoms with van der Waals surface area (Å²) in [6, 6.07) is -0.452. The summed E-state index contributed by atoms with van der Waals surface area (Å²) in [6.07, 6.45) is 3.85. The van der Waals surface area contributed by atoms with Gasteiger partial charge in [0, 0.05) is 26.2 Å². The number of hydrogen-bond donors (Lipinski definition) is 0. The lowest BCUT2D eigenvalue weighted by molar-refractivity contribution is -0.153. The summed E-state index contributed by atoms with van der Waals surface area (Å²) >= 11 is 0. The van der Waals surface area contributed by atoms with Crippen LogP contribution in [0.25, 0.3) is 0 Å². The summed E-state index contributed by atoms with van der Waals surface area (Å²) in [5, 5.41) is 0. The summed E-state index contributed by atoms with van der Waals surface area (Å²) in [7, 11) is 0. The van der Waals surface area contributed by atoms with Gasteiger partial charge < -0.3 is 9.47 Å². The highest BCUT2D eigenvalue weighted by atomic mass is 16.5. The average molecular weight is 342 g/mol. The molecule has 24 heavy (non-hydrogen) atoms. The van der Waals surface area contributed by atoms with Crippen LogP contribution in [0.3, 0.4) is 0 Å². The molecule has 0 N–H and O–H groups in total. The minimum atomic E-state index is -0.226. The van der Waals surface area contributed by atoms with E-state index in [9.17, 15) is 9.59 Å². The molecule has 1 heterocycles. The molecular weight excluding hydrogens is 308 g/mol. The molecule has 0 saturated carbocycles. The predicted octanol–water partition coefficient (Wildman–Crippen LogP) is 2.07. The van der Waals surface area contributed by atoms with Crippen LogP contribution in [0.2, 0.25) is 0 Å². The number of unbranched alkanes of at least 4 members (excludes halogenated alkanes) is 2. The molecule has 0 amide bonds. The lowest BCUT2D eigenvalue weighted by Gasteiger charge is -2.38. The molecule has 6 heteroatoms. The minimum absolute atomic E-state index is 0.149. The van der Waals surface area contributed by atoms with Gasteiger partial charge in [0.1, 0.15) is 12.1 Å². The maximum Gasteiger partial charge on any atom is 0.323 e. The Morgan fingerprint density at radius 3 is 1.42 bits per heavy atom. The van der Waals surface area contributed by atoms with Crippen molar-refractivity contribution in [2.75, 3.05) is 39.4 Å². The first-order valence-electron chi connectivity index (χ1n) is 9.32. The average Bonchev–Trinajstić information content (AvgIpc) is 2.60. The van der Waals surface area contributed by atoms with E-state index in [0.717, 1.165) is 51.9 Å². The van der Waals surface area contributed by atoms with Gasteiger partial charge in [-0.3, -0.25) is 19.4 Å². The zero-order valence-electron chi connectivity index (χ0n) is 15.8. The lowest BCUT2D eigenvalue weighted by atomic mass is 10.2. The highest BCUT2D eigenvalue weighted by Crippen LogP contribution is 2.12. The Balaban J connectivity index is 2.34. The zero-order valence-corrected chi connectivity index (χ0v) is 15.8. The van der Waals surface area contributed by atoms with Crippen molar-refractivity contribution in [2.45, 2.75) is 65.5 Å². The number of nitrogens with zero attached hydrogens (tertiary/aromatic N) is 2. The lowest BCUT2D eigenvalue weighted by Crippen LogP contribution is -2.55. The number of piperazine rings is 1. The monoisotopic (exact) mass is 342 g/mol. The molecule has 0 radical (unpaired) electrons. The summed E-state index contributed by atoms with van der Waals surface area (Å²) < 4.78 is 10.6. The SMILES string of the molecule is CCCCOC(=O)C(C)N1CCN(C(C)C(=O)OCCCC)CC1. The van der Waals surface area contributed by atoms with E-state index in [-0.39, 0.29) is 24.0 Å². The number of carbonyl (C=O) groups is 2. The first-order valence-corrected chi connectivity index (χ1v) is 9.32. The van der Waals surface area contributed by atoms with Crippen molar-refractivity contribution in [3.63, 3.8) is 0 Å². The molecule has 0 aromatic heterocycles. The fourth-order valence-electron chi connectivity index (χ4n) is 2.69. The maximum atomic E-state index is 12.0. The second-order valence-corrected chi connectivity index (χ2v) is 6.47. The third-order valence-corrected chi connectivity index (χ3v) is 4.61. The number of hydrogen-bond acceptors (Lipinski definition) is 6. The van der Waals surface area contributed by atoms with E-state index in [1.54, 1.807) is 0 Å². The van der Waals surface area contributed by atoms with Gasteiger partial charge >= 0.3 is 11.9 Å². The van der Waals surface area contributed by atoms with Crippen molar-refractivity contribution in [2.24, 2.45) is 0 Å². The van der Waals surface area contributed by atoms with Crippen molar-refractivity contribution in [3.05, 3.63) is 0 Å². The Hall–Kier alpha value is -1.14. The molecule has 0 bridgehead atoms. The van der Waals surface area contributed by atoms with Crippen LogP contribution in [-0.2, 0) is 19.1 Å². The van der Waals surface area contributed by atoms with Crippen molar-refractivity contribution in [1.29, 1.82) is 0 Å². The van der Waals surface area contributed by atoms with Gasteiger partial charge in [-0.05, 0) is 26.7 Å². The number of carbonyl (C=O) groups excluding carboxylic acids is 2. The normalized spacial score (nSPS) is 18.8. The Morgan fingerprint density at radius 2 is 1.12 bits per heavy atom. The van der Waals surface area contributed by atoms with E-state index in [0.29, 0.717) is 13.2 Å². The fraction of sp³-hybridized carbons (Fsp3) is 0.889. The Labute approximate surface area is 146 Å². The molecule has 2 atom stereocenters. The smallest absolute Gasteiger partial charge is 0.323 e. The van der Waals surface area contributed by atoms with Crippen molar-refractivity contribution in [3.8, 4) is 0 Å². The Kier molecular flexibility index (Phi) is 9.95. The summed E-state index contributed by atoms with van der Waals surface area (Å²) in [4.78, 5) is 28.3. The number of ether oxygens (including phenoxy) is 2. The van der Waals surface area contributed by atoms with Gasteiger partial charge in [0.15, 0.2) is 0 Å². The molecule has 0 aromatic rings. The molecule has 0 aromatic carbocycles. The molecule has 1 aliphatic heterocycles. The molecule has 1 aliphatic rings. The first kappa shape index (κ1) is 20.9. The van der Waals surface area contributed by atoms with E-state index in [4.69, 9.17) is 9.47 Å². The maximum absolute atomic E-state index is 12.0. The van der Waals surface area contributed by atoms with Gasteiger partial charge in [0.25, 0.3) is 0 Å². The highest BCUT2D eigenvalue weighted by Gasteiger charge is 2.30. The second kappa shape index (κ2) is 11.4. The van der Waals surface area contributed by atoms with Crippen LogP contribution in [-0.4, -0.2) is 73.2 Å². The topological polar surface area (TPSA) is 59.1 Å². The van der Waals surface area contributed by atoms with E-state index in [1.807, 2.05) is 13.8 Å². The highest BCUT2D eigenvalue weighted by molar-refractivity contribution is 5.76. The molecule has 140 valence electrons. The van der Waals surface area contributed by atoms with Crippen LogP contribution < -0.4 is 0 Å². The van der Waals surface area contributed by atoms with Crippen molar-refractivity contribution in [1.82, 2.24) is 9.80 Å². The third kappa shape index (κ3) is 6.77. The molecule has 0 aliphatic carbocycles. The van der Waals surface area contributed by atoms with E-state index in [2.05, 4.69) is 23.6 Å². The molecule has 1 fully saturated rings. The molecule has 6 nitrogen and oxygen atoms in total. The predicted molar refractivity (Wildman–Crippen MR) is 93.8 cm³/mol. The summed E-state index contributed by atoms with van der Waals surface area (Å²) in [5.41, 5.74) is 0. The first-order chi connectivity index (χ1) is 11.5. The van der Waals surface area contributed by atoms with Gasteiger partial charge in [-0.15, -0.1) is 0 Å².